The van der Waals surface area contributed by atoms with Crippen molar-refractivity contribution in [1.82, 2.24) is 4.90 Å². The number of benzene rings is 3. The van der Waals surface area contributed by atoms with Gasteiger partial charge in [0.2, 0.25) is 0 Å². The Labute approximate surface area is 236 Å². The molecule has 0 unspecified atom stereocenters. The molecule has 1 aliphatic rings. The van der Waals surface area contributed by atoms with E-state index in [2.05, 4.69) is 0 Å². The summed E-state index contributed by atoms with van der Waals surface area (Å²) in [5, 5.41) is 10.2. The summed E-state index contributed by atoms with van der Waals surface area (Å²) < 4.78 is 0. The first-order chi connectivity index (χ1) is 18.2. The Kier molecular flexibility index (Phi) is 9.03. The molecule has 1 N–H and O–H groups in total. The normalized spacial score (nSPS) is 16.3. The Bertz CT molecular complexity index is 1330. The van der Waals surface area contributed by atoms with Gasteiger partial charge in [0.1, 0.15) is 6.04 Å². The van der Waals surface area contributed by atoms with Crippen LogP contribution in [0.15, 0.2) is 71.6 Å². The van der Waals surface area contributed by atoms with Gasteiger partial charge in [-0.3, -0.25) is 14.4 Å². The molecule has 0 aliphatic carbocycles. The van der Waals surface area contributed by atoms with E-state index in [0.717, 1.165) is 10.5 Å². The number of unbranched alkanes of at least 4 members (excludes halogenated alkanes) is 1. The average molecular weight is 572 g/mol. The van der Waals surface area contributed by atoms with Crippen molar-refractivity contribution in [2.75, 3.05) is 17.7 Å². The molecule has 0 bridgehead atoms. The van der Waals surface area contributed by atoms with Gasteiger partial charge in [-0.1, -0.05) is 47.5 Å². The molecule has 0 radical (unpaired) electrons. The monoisotopic (exact) mass is 570 g/mol. The van der Waals surface area contributed by atoms with Crippen molar-refractivity contribution >= 4 is 58.4 Å². The van der Waals surface area contributed by atoms with E-state index >= 15 is 0 Å². The smallest absolute Gasteiger partial charge is 0.303 e. The standard InChI is InChI=1S/C29H28Cl2N2O4S/c1-18(19-6-10-21(30)11-7-19)33-27(20-8-12-22(31)13-9-20)29(37)32(16-4-3-5-26(34)35)25-15-14-23(38-2)17-24(25)28(33)36/h6-15,17-18,27H,3-5,16H2,1-2H3,(H,34,35)/t18-,27+/m1/s1. The van der Waals surface area contributed by atoms with Gasteiger partial charge in [-0.25, -0.2) is 0 Å². The summed E-state index contributed by atoms with van der Waals surface area (Å²) in [5.41, 5.74) is 2.44. The summed E-state index contributed by atoms with van der Waals surface area (Å²) in [5.74, 6) is -1.40. The van der Waals surface area contributed by atoms with Gasteiger partial charge in [-0.2, -0.15) is 0 Å². The fourth-order valence-electron chi connectivity index (χ4n) is 4.72. The molecule has 6 nitrogen and oxygen atoms in total. The second-order valence-electron chi connectivity index (χ2n) is 9.12. The number of thioether (sulfide) groups is 1. The van der Waals surface area contributed by atoms with Gasteiger partial charge in [0.25, 0.3) is 11.8 Å². The number of anilines is 1. The van der Waals surface area contributed by atoms with E-state index in [0.29, 0.717) is 39.7 Å². The molecule has 0 fully saturated rings. The van der Waals surface area contributed by atoms with Crippen LogP contribution in [0, 0.1) is 0 Å². The van der Waals surface area contributed by atoms with Gasteiger partial charge in [0.15, 0.2) is 0 Å². The van der Waals surface area contributed by atoms with Gasteiger partial charge in [-0.15, -0.1) is 11.8 Å². The third-order valence-electron chi connectivity index (χ3n) is 6.72. The molecule has 1 heterocycles. The first-order valence-electron chi connectivity index (χ1n) is 12.3. The number of hydrogen-bond acceptors (Lipinski definition) is 4. The summed E-state index contributed by atoms with van der Waals surface area (Å²) in [7, 11) is 0. The lowest BCUT2D eigenvalue weighted by Gasteiger charge is -2.36. The predicted molar refractivity (Wildman–Crippen MR) is 152 cm³/mol. The average Bonchev–Trinajstić information content (AvgIpc) is 2.99. The highest BCUT2D eigenvalue weighted by Gasteiger charge is 2.42. The van der Waals surface area contributed by atoms with E-state index in [1.165, 1.54) is 11.8 Å². The molecule has 0 aromatic heterocycles. The molecule has 38 heavy (non-hydrogen) atoms. The molecular weight excluding hydrogens is 543 g/mol. The van der Waals surface area contributed by atoms with E-state index in [1.54, 1.807) is 46.2 Å². The van der Waals surface area contributed by atoms with Crippen molar-refractivity contribution in [2.45, 2.75) is 43.2 Å². The van der Waals surface area contributed by atoms with E-state index < -0.39 is 18.1 Å². The zero-order valence-corrected chi connectivity index (χ0v) is 23.4. The number of fused-ring (bicyclic) bond motifs is 1. The molecule has 0 saturated carbocycles. The number of halogens is 2. The SMILES string of the molecule is CSc1ccc2c(c1)C(=O)N([C@H](C)c1ccc(Cl)cc1)[C@@H](c1ccc(Cl)cc1)C(=O)N2CCCCC(=O)O. The van der Waals surface area contributed by atoms with Crippen LogP contribution in [0.1, 0.15) is 59.8 Å². The molecule has 198 valence electrons. The van der Waals surface area contributed by atoms with Crippen LogP contribution in [-0.4, -0.2) is 40.6 Å². The number of aliphatic carboxylic acids is 1. The number of carbonyl (C=O) groups is 3. The minimum atomic E-state index is -0.921. The molecule has 1 aliphatic heterocycles. The van der Waals surface area contributed by atoms with Crippen LogP contribution in [0.5, 0.6) is 0 Å². The van der Waals surface area contributed by atoms with E-state index in [4.69, 9.17) is 28.3 Å². The number of carbonyl (C=O) groups excluding carboxylic acids is 2. The lowest BCUT2D eigenvalue weighted by Crippen LogP contribution is -2.44. The molecule has 2 atom stereocenters. The Balaban J connectivity index is 1.87. The quantitative estimate of drug-likeness (QED) is 0.216. The molecule has 2 amide bonds. The largest absolute Gasteiger partial charge is 0.481 e. The van der Waals surface area contributed by atoms with Crippen molar-refractivity contribution < 1.29 is 19.5 Å². The maximum atomic E-state index is 14.4. The van der Waals surface area contributed by atoms with E-state index in [-0.39, 0.29) is 24.8 Å². The fourth-order valence-corrected chi connectivity index (χ4v) is 5.41. The third-order valence-corrected chi connectivity index (χ3v) is 7.94. The first kappa shape index (κ1) is 28.0. The van der Waals surface area contributed by atoms with Crippen molar-refractivity contribution in [1.29, 1.82) is 0 Å². The van der Waals surface area contributed by atoms with Crippen LogP contribution in [0.25, 0.3) is 0 Å². The minimum Gasteiger partial charge on any atom is -0.481 e. The predicted octanol–water partition coefficient (Wildman–Crippen LogP) is 7.26. The maximum absolute atomic E-state index is 14.4. The molecule has 0 saturated heterocycles. The number of hydrogen-bond donors (Lipinski definition) is 1. The number of rotatable bonds is 9. The lowest BCUT2D eigenvalue weighted by molar-refractivity contribution is -0.137. The topological polar surface area (TPSA) is 77.9 Å². The first-order valence-corrected chi connectivity index (χ1v) is 14.2. The molecule has 3 aromatic carbocycles. The summed E-state index contributed by atoms with van der Waals surface area (Å²) in [6, 6.07) is 18.4. The summed E-state index contributed by atoms with van der Waals surface area (Å²) in [6.45, 7) is 2.19. The summed E-state index contributed by atoms with van der Waals surface area (Å²) in [4.78, 5) is 44.0. The molecular formula is C29H28Cl2N2O4S. The Morgan fingerprint density at radius 1 is 0.974 bits per heavy atom. The second-order valence-corrected chi connectivity index (χ2v) is 10.9. The van der Waals surface area contributed by atoms with Crippen molar-refractivity contribution in [3.05, 3.63) is 93.5 Å². The fraction of sp³-hybridized carbons (Fsp3) is 0.276. The maximum Gasteiger partial charge on any atom is 0.303 e. The summed E-state index contributed by atoms with van der Waals surface area (Å²) in [6.07, 6.45) is 2.85. The van der Waals surface area contributed by atoms with Crippen molar-refractivity contribution in [2.24, 2.45) is 0 Å². The number of carboxylic acids is 1. The lowest BCUT2D eigenvalue weighted by atomic mass is 9.98. The van der Waals surface area contributed by atoms with Crippen LogP contribution in [0.4, 0.5) is 5.69 Å². The van der Waals surface area contributed by atoms with Crippen molar-refractivity contribution in [3.63, 3.8) is 0 Å². The van der Waals surface area contributed by atoms with Gasteiger partial charge in [0, 0.05) is 27.9 Å². The number of nitrogens with zero attached hydrogens (tertiary/aromatic N) is 2. The molecule has 9 heteroatoms. The molecule has 4 rings (SSSR count). The number of amides is 2. The molecule has 3 aromatic rings. The highest BCUT2D eigenvalue weighted by atomic mass is 35.5. The Hall–Kier alpha value is -3.00. The van der Waals surface area contributed by atoms with Gasteiger partial charge >= 0.3 is 5.97 Å². The minimum absolute atomic E-state index is 0.0135. The van der Waals surface area contributed by atoms with Crippen LogP contribution in [-0.2, 0) is 9.59 Å². The van der Waals surface area contributed by atoms with Gasteiger partial charge in [0.05, 0.1) is 17.3 Å². The summed E-state index contributed by atoms with van der Waals surface area (Å²) >= 11 is 13.8. The molecule has 0 spiro atoms. The zero-order chi connectivity index (χ0) is 27.4. The van der Waals surface area contributed by atoms with Crippen molar-refractivity contribution in [3.8, 4) is 0 Å². The third kappa shape index (κ3) is 6.01. The van der Waals surface area contributed by atoms with Gasteiger partial charge < -0.3 is 14.9 Å². The van der Waals surface area contributed by atoms with Crippen LogP contribution >= 0.6 is 35.0 Å². The Morgan fingerprint density at radius 3 is 2.21 bits per heavy atom. The van der Waals surface area contributed by atoms with Crippen LogP contribution < -0.4 is 4.90 Å². The number of carboxylic acid groups (broad SMARTS) is 1. The second kappa shape index (κ2) is 12.2. The van der Waals surface area contributed by atoms with Gasteiger partial charge in [-0.05, 0) is 79.6 Å². The van der Waals surface area contributed by atoms with Crippen LogP contribution in [0.3, 0.4) is 0 Å². The Morgan fingerprint density at radius 2 is 1.61 bits per heavy atom. The highest BCUT2D eigenvalue weighted by molar-refractivity contribution is 7.98. The highest BCUT2D eigenvalue weighted by Crippen LogP contribution is 2.41. The van der Waals surface area contributed by atoms with E-state index in [9.17, 15) is 14.4 Å². The van der Waals surface area contributed by atoms with E-state index in [1.807, 2.05) is 43.5 Å². The zero-order valence-electron chi connectivity index (χ0n) is 21.1. The van der Waals surface area contributed by atoms with Crippen LogP contribution in [0.2, 0.25) is 10.0 Å².